The molecule has 0 aliphatic heterocycles. The molecule has 0 atom stereocenters. The minimum Gasteiger partial charge on any atom is -0.340 e. The molecule has 3 rings (SSSR count). The third kappa shape index (κ3) is 5.12. The van der Waals surface area contributed by atoms with Crippen molar-refractivity contribution in [1.29, 1.82) is 0 Å². The van der Waals surface area contributed by atoms with Crippen molar-refractivity contribution in [3.05, 3.63) is 78.2 Å². The maximum Gasteiger partial charge on any atom is 0.255 e. The van der Waals surface area contributed by atoms with Crippen molar-refractivity contribution in [3.8, 4) is 0 Å². The summed E-state index contributed by atoms with van der Waals surface area (Å²) in [6, 6.07) is 15.9. The number of halogens is 1. The van der Waals surface area contributed by atoms with Crippen molar-refractivity contribution in [2.24, 2.45) is 0 Å². The van der Waals surface area contributed by atoms with Gasteiger partial charge in [-0.2, -0.15) is 0 Å². The average molecular weight is 364 g/mol. The van der Waals surface area contributed by atoms with Gasteiger partial charge in [0.1, 0.15) is 11.6 Å². The molecule has 0 bridgehead atoms. The zero-order valence-electron chi connectivity index (χ0n) is 14.5. The first kappa shape index (κ1) is 18.1. The highest BCUT2D eigenvalue weighted by atomic mass is 19.1. The Labute approximate surface area is 155 Å². The van der Waals surface area contributed by atoms with Crippen LogP contribution >= 0.6 is 0 Å². The number of anilines is 4. The van der Waals surface area contributed by atoms with Crippen molar-refractivity contribution in [2.45, 2.75) is 6.92 Å². The van der Waals surface area contributed by atoms with Gasteiger partial charge in [0, 0.05) is 23.9 Å². The average Bonchev–Trinajstić information content (AvgIpc) is 2.63. The van der Waals surface area contributed by atoms with Gasteiger partial charge in [-0.15, -0.1) is 0 Å². The van der Waals surface area contributed by atoms with Crippen LogP contribution in [0, 0.1) is 5.82 Å². The quantitative estimate of drug-likeness (QED) is 0.634. The summed E-state index contributed by atoms with van der Waals surface area (Å²) in [5.41, 5.74) is 2.31. The van der Waals surface area contributed by atoms with E-state index in [-0.39, 0.29) is 11.8 Å². The highest BCUT2D eigenvalue weighted by molar-refractivity contribution is 6.04. The second-order valence-electron chi connectivity index (χ2n) is 5.78. The number of benzene rings is 2. The van der Waals surface area contributed by atoms with Crippen molar-refractivity contribution in [1.82, 2.24) is 4.98 Å². The highest BCUT2D eigenvalue weighted by Gasteiger charge is 2.07. The lowest BCUT2D eigenvalue weighted by Gasteiger charge is -2.09. The Kier molecular flexibility index (Phi) is 5.41. The molecular weight excluding hydrogens is 347 g/mol. The number of rotatable bonds is 5. The number of carbonyl (C=O) groups is 2. The molecule has 2 amide bonds. The number of nitrogens with zero attached hydrogens (tertiary/aromatic N) is 1. The van der Waals surface area contributed by atoms with E-state index in [0.717, 1.165) is 5.69 Å². The Bertz CT molecular complexity index is 956. The van der Waals surface area contributed by atoms with Gasteiger partial charge in [-0.1, -0.05) is 6.07 Å². The second kappa shape index (κ2) is 8.09. The SMILES string of the molecule is CC(=O)Nc1cccc(Nc2ccc(NC(=O)c3ccc(F)cc3)cn2)c1. The number of nitrogens with one attached hydrogen (secondary N) is 3. The standard InChI is InChI=1S/C20H17FN4O2/c1-13(26)23-16-3-2-4-17(11-16)24-19-10-9-18(12-22-19)25-20(27)14-5-7-15(21)8-6-14/h2-12H,1H3,(H,22,24)(H,23,26)(H,25,27). The van der Waals surface area contributed by atoms with E-state index in [0.29, 0.717) is 22.8 Å². The van der Waals surface area contributed by atoms with Gasteiger partial charge in [-0.3, -0.25) is 9.59 Å². The fourth-order valence-electron chi connectivity index (χ4n) is 2.37. The lowest BCUT2D eigenvalue weighted by atomic mass is 10.2. The van der Waals surface area contributed by atoms with Crippen LogP contribution in [0.25, 0.3) is 0 Å². The van der Waals surface area contributed by atoms with Crippen LogP contribution in [0.3, 0.4) is 0 Å². The van der Waals surface area contributed by atoms with E-state index < -0.39 is 5.82 Å². The summed E-state index contributed by atoms with van der Waals surface area (Å²) >= 11 is 0. The zero-order valence-corrected chi connectivity index (χ0v) is 14.5. The second-order valence-corrected chi connectivity index (χ2v) is 5.78. The summed E-state index contributed by atoms with van der Waals surface area (Å²) in [5, 5.41) is 8.53. The molecule has 6 nitrogen and oxygen atoms in total. The zero-order chi connectivity index (χ0) is 19.2. The number of hydrogen-bond acceptors (Lipinski definition) is 4. The van der Waals surface area contributed by atoms with Crippen LogP contribution in [0.2, 0.25) is 0 Å². The number of aromatic nitrogens is 1. The van der Waals surface area contributed by atoms with E-state index in [4.69, 9.17) is 0 Å². The van der Waals surface area contributed by atoms with Gasteiger partial charge in [0.15, 0.2) is 0 Å². The molecule has 0 saturated carbocycles. The van der Waals surface area contributed by atoms with Crippen LogP contribution in [0.4, 0.5) is 27.3 Å². The Balaban J connectivity index is 1.64. The van der Waals surface area contributed by atoms with Crippen LogP contribution < -0.4 is 16.0 Å². The molecule has 0 saturated heterocycles. The fourth-order valence-corrected chi connectivity index (χ4v) is 2.37. The highest BCUT2D eigenvalue weighted by Crippen LogP contribution is 2.20. The smallest absolute Gasteiger partial charge is 0.255 e. The molecule has 0 aliphatic rings. The maximum absolute atomic E-state index is 12.9. The maximum atomic E-state index is 12.9. The lowest BCUT2D eigenvalue weighted by Crippen LogP contribution is -2.12. The molecule has 0 radical (unpaired) electrons. The molecule has 0 spiro atoms. The van der Waals surface area contributed by atoms with E-state index in [2.05, 4.69) is 20.9 Å². The van der Waals surface area contributed by atoms with Crippen LogP contribution in [0.1, 0.15) is 17.3 Å². The summed E-state index contributed by atoms with van der Waals surface area (Å²) < 4.78 is 12.9. The Hall–Kier alpha value is -3.74. The van der Waals surface area contributed by atoms with E-state index in [1.54, 1.807) is 24.3 Å². The van der Waals surface area contributed by atoms with Gasteiger partial charge in [-0.05, 0) is 54.6 Å². The number of amides is 2. The monoisotopic (exact) mass is 364 g/mol. The van der Waals surface area contributed by atoms with Gasteiger partial charge in [0.25, 0.3) is 5.91 Å². The van der Waals surface area contributed by atoms with Gasteiger partial charge < -0.3 is 16.0 Å². The fraction of sp³-hybridized carbons (Fsp3) is 0.0500. The first-order valence-corrected chi connectivity index (χ1v) is 8.17. The molecule has 0 unspecified atom stereocenters. The Morgan fingerprint density at radius 3 is 2.30 bits per heavy atom. The molecule has 136 valence electrons. The summed E-state index contributed by atoms with van der Waals surface area (Å²) in [6.07, 6.45) is 1.52. The Morgan fingerprint density at radius 1 is 0.889 bits per heavy atom. The molecule has 3 N–H and O–H groups in total. The predicted molar refractivity (Wildman–Crippen MR) is 103 cm³/mol. The van der Waals surface area contributed by atoms with Gasteiger partial charge in [0.2, 0.25) is 5.91 Å². The third-order valence-corrected chi connectivity index (χ3v) is 3.58. The van der Waals surface area contributed by atoms with Gasteiger partial charge in [0.05, 0.1) is 11.9 Å². The van der Waals surface area contributed by atoms with Crippen LogP contribution in [-0.2, 0) is 4.79 Å². The normalized spacial score (nSPS) is 10.1. The largest absolute Gasteiger partial charge is 0.340 e. The van der Waals surface area contributed by atoms with Gasteiger partial charge in [-0.25, -0.2) is 9.37 Å². The molecule has 2 aromatic carbocycles. The first-order chi connectivity index (χ1) is 13.0. The first-order valence-electron chi connectivity index (χ1n) is 8.17. The molecule has 1 aromatic heterocycles. The van der Waals surface area contributed by atoms with E-state index >= 15 is 0 Å². The summed E-state index contributed by atoms with van der Waals surface area (Å²) in [6.45, 7) is 1.45. The molecule has 1 heterocycles. The van der Waals surface area contributed by atoms with Crippen LogP contribution in [0.5, 0.6) is 0 Å². The summed E-state index contributed by atoms with van der Waals surface area (Å²) in [5.74, 6) is -0.312. The van der Waals surface area contributed by atoms with Crippen molar-refractivity contribution in [2.75, 3.05) is 16.0 Å². The van der Waals surface area contributed by atoms with Crippen LogP contribution in [0.15, 0.2) is 66.9 Å². The van der Waals surface area contributed by atoms with E-state index in [1.807, 2.05) is 12.1 Å². The minimum atomic E-state index is -0.397. The molecule has 7 heteroatoms. The number of carbonyl (C=O) groups excluding carboxylic acids is 2. The molecule has 0 fully saturated rings. The van der Waals surface area contributed by atoms with E-state index in [9.17, 15) is 14.0 Å². The predicted octanol–water partition coefficient (Wildman–Crippen LogP) is 4.18. The van der Waals surface area contributed by atoms with Crippen molar-refractivity contribution in [3.63, 3.8) is 0 Å². The third-order valence-electron chi connectivity index (χ3n) is 3.58. The Morgan fingerprint density at radius 2 is 1.63 bits per heavy atom. The minimum absolute atomic E-state index is 0.147. The summed E-state index contributed by atoms with van der Waals surface area (Å²) in [7, 11) is 0. The molecule has 0 aliphatic carbocycles. The number of hydrogen-bond donors (Lipinski definition) is 3. The van der Waals surface area contributed by atoms with E-state index in [1.165, 1.54) is 37.4 Å². The van der Waals surface area contributed by atoms with Crippen LogP contribution in [-0.4, -0.2) is 16.8 Å². The number of pyridine rings is 1. The van der Waals surface area contributed by atoms with Crippen molar-refractivity contribution < 1.29 is 14.0 Å². The van der Waals surface area contributed by atoms with Gasteiger partial charge >= 0.3 is 0 Å². The molecule has 27 heavy (non-hydrogen) atoms. The topological polar surface area (TPSA) is 83.1 Å². The lowest BCUT2D eigenvalue weighted by molar-refractivity contribution is -0.114. The molecular formula is C20H17FN4O2. The molecule has 3 aromatic rings. The summed E-state index contributed by atoms with van der Waals surface area (Å²) in [4.78, 5) is 27.5. The van der Waals surface area contributed by atoms with Crippen molar-refractivity contribution >= 4 is 34.7 Å².